The van der Waals surface area contributed by atoms with Gasteiger partial charge in [0.05, 0.1) is 5.41 Å². The minimum atomic E-state index is -0.364. The van der Waals surface area contributed by atoms with Crippen molar-refractivity contribution in [2.75, 3.05) is 6.61 Å². The van der Waals surface area contributed by atoms with Crippen LogP contribution in [0.2, 0.25) is 0 Å². The number of aliphatic hydroxyl groups excluding tert-OH is 1. The zero-order chi connectivity index (χ0) is 14.1. The predicted molar refractivity (Wildman–Crippen MR) is 79.0 cm³/mol. The highest BCUT2D eigenvalue weighted by Gasteiger charge is 2.52. The van der Waals surface area contributed by atoms with E-state index in [1.807, 2.05) is 38.1 Å². The second kappa shape index (κ2) is 5.25. The van der Waals surface area contributed by atoms with Crippen LogP contribution in [0.15, 0.2) is 28.7 Å². The van der Waals surface area contributed by atoms with E-state index in [2.05, 4.69) is 21.2 Å². The summed E-state index contributed by atoms with van der Waals surface area (Å²) in [5.41, 5.74) is 0.359. The Balaban J connectivity index is 2.12. The van der Waals surface area contributed by atoms with E-state index in [1.165, 1.54) is 0 Å². The molecule has 3 nitrogen and oxygen atoms in total. The second-order valence-corrected chi connectivity index (χ2v) is 6.82. The number of nitrogens with one attached hydrogen (secondary N) is 1. The Bertz CT molecular complexity index is 464. The van der Waals surface area contributed by atoms with Crippen LogP contribution in [0.4, 0.5) is 0 Å². The molecule has 0 saturated heterocycles. The molecule has 0 atom stereocenters. The van der Waals surface area contributed by atoms with Gasteiger partial charge in [-0.15, -0.1) is 0 Å². The molecule has 104 valence electrons. The van der Waals surface area contributed by atoms with Gasteiger partial charge in [-0.2, -0.15) is 0 Å². The van der Waals surface area contributed by atoms with Crippen molar-refractivity contribution >= 4 is 21.8 Å². The van der Waals surface area contributed by atoms with Crippen molar-refractivity contribution in [2.45, 2.75) is 44.1 Å². The van der Waals surface area contributed by atoms with E-state index in [0.29, 0.717) is 6.42 Å². The normalized spacial score (nSPS) is 17.1. The third kappa shape index (κ3) is 3.18. The van der Waals surface area contributed by atoms with Crippen molar-refractivity contribution in [2.24, 2.45) is 0 Å². The lowest BCUT2D eigenvalue weighted by Gasteiger charge is -2.28. The molecule has 1 aromatic carbocycles. The Labute approximate surface area is 122 Å². The maximum atomic E-state index is 12.5. The highest BCUT2D eigenvalue weighted by Crippen LogP contribution is 2.48. The Morgan fingerprint density at radius 2 is 1.95 bits per heavy atom. The van der Waals surface area contributed by atoms with Gasteiger partial charge in [-0.25, -0.2) is 0 Å². The third-order valence-corrected chi connectivity index (χ3v) is 4.30. The SMILES string of the molecule is CC(C)(CCO)NC(=O)C1(c2ccc(Br)cc2)CC1. The Hall–Kier alpha value is -0.870. The Kier molecular flexibility index (Phi) is 4.02. The number of carbonyl (C=O) groups is 1. The van der Waals surface area contributed by atoms with Gasteiger partial charge in [-0.3, -0.25) is 4.79 Å². The van der Waals surface area contributed by atoms with Gasteiger partial charge in [0.15, 0.2) is 0 Å². The van der Waals surface area contributed by atoms with Crippen molar-refractivity contribution in [3.63, 3.8) is 0 Å². The summed E-state index contributed by atoms with van der Waals surface area (Å²) in [6.45, 7) is 3.97. The van der Waals surface area contributed by atoms with Crippen LogP contribution in [0.25, 0.3) is 0 Å². The smallest absolute Gasteiger partial charge is 0.231 e. The number of hydrogen-bond donors (Lipinski definition) is 2. The van der Waals surface area contributed by atoms with Crippen molar-refractivity contribution in [3.05, 3.63) is 34.3 Å². The van der Waals surface area contributed by atoms with Gasteiger partial charge < -0.3 is 10.4 Å². The first kappa shape index (κ1) is 14.5. The van der Waals surface area contributed by atoms with Crippen LogP contribution in [-0.2, 0) is 10.2 Å². The molecule has 0 aromatic heterocycles. The summed E-state index contributed by atoms with van der Waals surface area (Å²) in [6.07, 6.45) is 2.36. The zero-order valence-electron chi connectivity index (χ0n) is 11.4. The van der Waals surface area contributed by atoms with Crippen LogP contribution in [0.1, 0.15) is 38.7 Å². The molecule has 0 aliphatic heterocycles. The summed E-state index contributed by atoms with van der Waals surface area (Å²) in [5.74, 6) is 0.0771. The van der Waals surface area contributed by atoms with Gasteiger partial charge in [-0.1, -0.05) is 28.1 Å². The minimum absolute atomic E-state index is 0.0771. The molecule has 2 rings (SSSR count). The number of rotatable bonds is 5. The fraction of sp³-hybridized carbons (Fsp3) is 0.533. The number of benzene rings is 1. The number of amides is 1. The lowest BCUT2D eigenvalue weighted by molar-refractivity contribution is -0.125. The topological polar surface area (TPSA) is 49.3 Å². The summed E-state index contributed by atoms with van der Waals surface area (Å²) in [4.78, 5) is 12.5. The molecule has 1 aliphatic carbocycles. The van der Waals surface area contributed by atoms with E-state index >= 15 is 0 Å². The minimum Gasteiger partial charge on any atom is -0.396 e. The lowest BCUT2D eigenvalue weighted by atomic mass is 9.92. The molecular weight excluding hydrogens is 306 g/mol. The first-order valence-electron chi connectivity index (χ1n) is 6.59. The fourth-order valence-corrected chi connectivity index (χ4v) is 2.57. The quantitative estimate of drug-likeness (QED) is 0.874. The standard InChI is InChI=1S/C15H20BrNO2/c1-14(2,9-10-18)17-13(19)15(7-8-15)11-3-5-12(16)6-4-11/h3-6,18H,7-10H2,1-2H3,(H,17,19). The van der Waals surface area contributed by atoms with E-state index < -0.39 is 0 Å². The summed E-state index contributed by atoms with van der Waals surface area (Å²) in [7, 11) is 0. The van der Waals surface area contributed by atoms with E-state index in [1.54, 1.807) is 0 Å². The average molecular weight is 326 g/mol. The molecule has 0 heterocycles. The van der Waals surface area contributed by atoms with Crippen molar-refractivity contribution in [3.8, 4) is 0 Å². The maximum absolute atomic E-state index is 12.5. The zero-order valence-corrected chi connectivity index (χ0v) is 13.0. The highest BCUT2D eigenvalue weighted by molar-refractivity contribution is 9.10. The molecule has 1 aromatic rings. The van der Waals surface area contributed by atoms with E-state index in [9.17, 15) is 4.79 Å². The number of carbonyl (C=O) groups excluding carboxylic acids is 1. The van der Waals surface area contributed by atoms with Crippen molar-refractivity contribution < 1.29 is 9.90 Å². The van der Waals surface area contributed by atoms with Gasteiger partial charge in [0.2, 0.25) is 5.91 Å². The molecule has 1 fully saturated rings. The van der Waals surface area contributed by atoms with E-state index in [-0.39, 0.29) is 23.5 Å². The average Bonchev–Trinajstić information content (AvgIpc) is 3.10. The van der Waals surface area contributed by atoms with Crippen LogP contribution >= 0.6 is 15.9 Å². The molecule has 1 saturated carbocycles. The largest absolute Gasteiger partial charge is 0.396 e. The molecule has 19 heavy (non-hydrogen) atoms. The highest BCUT2D eigenvalue weighted by atomic mass is 79.9. The monoisotopic (exact) mass is 325 g/mol. The Morgan fingerprint density at radius 1 is 1.37 bits per heavy atom. The number of hydrogen-bond acceptors (Lipinski definition) is 2. The van der Waals surface area contributed by atoms with Gasteiger partial charge in [0.1, 0.15) is 0 Å². The van der Waals surface area contributed by atoms with Crippen molar-refractivity contribution in [1.29, 1.82) is 0 Å². The van der Waals surface area contributed by atoms with Crippen LogP contribution < -0.4 is 5.32 Å². The lowest BCUT2D eigenvalue weighted by Crippen LogP contribution is -2.48. The molecule has 0 spiro atoms. The molecule has 0 bridgehead atoms. The van der Waals surface area contributed by atoms with Crippen molar-refractivity contribution in [1.82, 2.24) is 5.32 Å². The van der Waals surface area contributed by atoms with E-state index in [4.69, 9.17) is 5.11 Å². The molecule has 0 unspecified atom stereocenters. The molecule has 2 N–H and O–H groups in total. The first-order chi connectivity index (χ1) is 8.89. The second-order valence-electron chi connectivity index (χ2n) is 5.90. The summed E-state index contributed by atoms with van der Waals surface area (Å²) in [5, 5.41) is 12.1. The van der Waals surface area contributed by atoms with Gasteiger partial charge in [0.25, 0.3) is 0 Å². The fourth-order valence-electron chi connectivity index (χ4n) is 2.31. The predicted octanol–water partition coefficient (Wildman–Crippen LogP) is 2.76. The van der Waals surface area contributed by atoms with Crippen LogP contribution in [0.5, 0.6) is 0 Å². The maximum Gasteiger partial charge on any atom is 0.231 e. The van der Waals surface area contributed by atoms with Crippen LogP contribution in [-0.4, -0.2) is 23.2 Å². The molecule has 1 aliphatic rings. The molecular formula is C15H20BrNO2. The summed E-state index contributed by atoms with van der Waals surface area (Å²) < 4.78 is 1.02. The van der Waals surface area contributed by atoms with Gasteiger partial charge in [-0.05, 0) is 50.8 Å². The Morgan fingerprint density at radius 3 is 2.42 bits per heavy atom. The van der Waals surface area contributed by atoms with Gasteiger partial charge >= 0.3 is 0 Å². The van der Waals surface area contributed by atoms with E-state index in [0.717, 1.165) is 22.9 Å². The number of halogens is 1. The van der Waals surface area contributed by atoms with Crippen LogP contribution in [0.3, 0.4) is 0 Å². The third-order valence-electron chi connectivity index (χ3n) is 3.77. The molecule has 4 heteroatoms. The number of aliphatic hydroxyl groups is 1. The molecule has 1 amide bonds. The van der Waals surface area contributed by atoms with Crippen LogP contribution in [0, 0.1) is 0 Å². The van der Waals surface area contributed by atoms with Gasteiger partial charge in [0, 0.05) is 16.6 Å². The summed E-state index contributed by atoms with van der Waals surface area (Å²) >= 11 is 3.41. The summed E-state index contributed by atoms with van der Waals surface area (Å²) in [6, 6.07) is 7.97. The molecule has 0 radical (unpaired) electrons. The first-order valence-corrected chi connectivity index (χ1v) is 7.38.